The lowest BCUT2D eigenvalue weighted by molar-refractivity contribution is -0.138. The Labute approximate surface area is 112 Å². The fourth-order valence-corrected chi connectivity index (χ4v) is 2.66. The highest BCUT2D eigenvalue weighted by atomic mass is 16.4. The third-order valence-corrected chi connectivity index (χ3v) is 3.60. The third kappa shape index (κ3) is 3.34. The molecule has 1 aliphatic rings. The summed E-state index contributed by atoms with van der Waals surface area (Å²) in [6.07, 6.45) is 2.79. The first-order valence-electron chi connectivity index (χ1n) is 6.72. The Morgan fingerprint density at radius 1 is 1.37 bits per heavy atom. The Morgan fingerprint density at radius 2 is 2.16 bits per heavy atom. The van der Waals surface area contributed by atoms with Crippen molar-refractivity contribution in [1.82, 2.24) is 5.32 Å². The van der Waals surface area contributed by atoms with Crippen LogP contribution in [0.25, 0.3) is 0 Å². The first-order valence-corrected chi connectivity index (χ1v) is 6.72. The van der Waals surface area contributed by atoms with Crippen LogP contribution in [0.15, 0.2) is 18.2 Å². The smallest absolute Gasteiger partial charge is 0.303 e. The van der Waals surface area contributed by atoms with Gasteiger partial charge >= 0.3 is 5.97 Å². The summed E-state index contributed by atoms with van der Waals surface area (Å²) in [5, 5.41) is 11.6. The molecule has 1 aliphatic carbocycles. The lowest BCUT2D eigenvalue weighted by atomic mass is 9.81. The Kier molecular flexibility index (Phi) is 4.20. The lowest BCUT2D eigenvalue weighted by Crippen LogP contribution is -2.23. The van der Waals surface area contributed by atoms with Gasteiger partial charge in [-0.3, -0.25) is 9.59 Å². The molecular weight excluding hydrogens is 242 g/mol. The quantitative estimate of drug-likeness (QED) is 0.871. The van der Waals surface area contributed by atoms with Crippen molar-refractivity contribution in [2.45, 2.75) is 32.6 Å². The minimum Gasteiger partial charge on any atom is -0.481 e. The summed E-state index contributed by atoms with van der Waals surface area (Å²) < 4.78 is 0. The van der Waals surface area contributed by atoms with E-state index in [1.54, 1.807) is 0 Å². The molecule has 0 bridgehead atoms. The number of aliphatic carboxylic acids is 1. The summed E-state index contributed by atoms with van der Waals surface area (Å²) in [6, 6.07) is 5.73. The number of nitrogens with one attached hydrogen (secondary N) is 1. The zero-order valence-electron chi connectivity index (χ0n) is 11.1. The normalized spacial score (nSPS) is 17.6. The Bertz CT molecular complexity index is 496. The maximum Gasteiger partial charge on any atom is 0.303 e. The second kappa shape index (κ2) is 5.87. The van der Waals surface area contributed by atoms with Gasteiger partial charge in [0, 0.05) is 18.5 Å². The molecule has 4 nitrogen and oxygen atoms in total. The van der Waals surface area contributed by atoms with E-state index in [2.05, 4.69) is 5.32 Å². The molecule has 1 atom stereocenters. The topological polar surface area (TPSA) is 66.4 Å². The number of carboxylic acids is 1. The highest BCUT2D eigenvalue weighted by Crippen LogP contribution is 2.28. The average Bonchev–Trinajstić information content (AvgIpc) is 2.37. The number of aryl methyl sites for hydroxylation is 1. The number of fused-ring (bicyclic) bond motifs is 1. The number of carbonyl (C=O) groups is 2. The van der Waals surface area contributed by atoms with Gasteiger partial charge in [0.15, 0.2) is 0 Å². The number of rotatable bonds is 4. The van der Waals surface area contributed by atoms with Gasteiger partial charge in [-0.05, 0) is 55.4 Å². The summed E-state index contributed by atoms with van der Waals surface area (Å²) in [5.74, 6) is -0.550. The van der Waals surface area contributed by atoms with Crippen LogP contribution in [0.1, 0.15) is 41.3 Å². The predicted molar refractivity (Wildman–Crippen MR) is 72.2 cm³/mol. The second-order valence-corrected chi connectivity index (χ2v) is 5.05. The average molecular weight is 261 g/mol. The van der Waals surface area contributed by atoms with E-state index in [4.69, 9.17) is 5.11 Å². The molecular formula is C15H19NO3. The van der Waals surface area contributed by atoms with E-state index in [1.807, 2.05) is 25.1 Å². The van der Waals surface area contributed by atoms with Crippen molar-refractivity contribution in [3.63, 3.8) is 0 Å². The standard InChI is InChI=1S/C15H19NO3/c1-2-16-15(19)13-6-5-11-7-10(8-14(17)18)3-4-12(11)9-13/h5-6,9-10H,2-4,7-8H2,1H3,(H,16,19)(H,17,18). The van der Waals surface area contributed by atoms with Gasteiger partial charge in [-0.15, -0.1) is 0 Å². The van der Waals surface area contributed by atoms with Gasteiger partial charge in [0.1, 0.15) is 0 Å². The molecule has 0 saturated heterocycles. The second-order valence-electron chi connectivity index (χ2n) is 5.05. The van der Waals surface area contributed by atoms with Gasteiger partial charge in [-0.2, -0.15) is 0 Å². The van der Waals surface area contributed by atoms with Gasteiger partial charge in [0.25, 0.3) is 5.91 Å². The van der Waals surface area contributed by atoms with E-state index < -0.39 is 5.97 Å². The van der Waals surface area contributed by atoms with Crippen molar-refractivity contribution in [2.24, 2.45) is 5.92 Å². The molecule has 0 aliphatic heterocycles. The molecule has 1 amide bonds. The molecule has 1 aromatic carbocycles. The molecule has 0 radical (unpaired) electrons. The number of hydrogen-bond donors (Lipinski definition) is 2. The summed E-state index contributed by atoms with van der Waals surface area (Å²) in [4.78, 5) is 22.5. The third-order valence-electron chi connectivity index (χ3n) is 3.60. The Hall–Kier alpha value is -1.84. The van der Waals surface area contributed by atoms with Crippen molar-refractivity contribution in [1.29, 1.82) is 0 Å². The van der Waals surface area contributed by atoms with E-state index in [9.17, 15) is 9.59 Å². The molecule has 1 unspecified atom stereocenters. The molecule has 2 N–H and O–H groups in total. The van der Waals surface area contributed by atoms with Crippen LogP contribution in [0.4, 0.5) is 0 Å². The monoisotopic (exact) mass is 261 g/mol. The largest absolute Gasteiger partial charge is 0.481 e. The van der Waals surface area contributed by atoms with Crippen molar-refractivity contribution in [3.8, 4) is 0 Å². The molecule has 4 heteroatoms. The van der Waals surface area contributed by atoms with Crippen LogP contribution in [-0.4, -0.2) is 23.5 Å². The minimum absolute atomic E-state index is 0.0436. The van der Waals surface area contributed by atoms with Crippen LogP contribution < -0.4 is 5.32 Å². The predicted octanol–water partition coefficient (Wildman–Crippen LogP) is 2.02. The van der Waals surface area contributed by atoms with Crippen molar-refractivity contribution < 1.29 is 14.7 Å². The highest BCUT2D eigenvalue weighted by Gasteiger charge is 2.21. The first-order chi connectivity index (χ1) is 9.10. The van der Waals surface area contributed by atoms with Gasteiger partial charge in [-0.25, -0.2) is 0 Å². The van der Waals surface area contributed by atoms with Gasteiger partial charge in [0.05, 0.1) is 0 Å². The maximum atomic E-state index is 11.8. The zero-order valence-corrected chi connectivity index (χ0v) is 11.1. The molecule has 1 aromatic rings. The Morgan fingerprint density at radius 3 is 2.84 bits per heavy atom. The van der Waals surface area contributed by atoms with E-state index in [1.165, 1.54) is 11.1 Å². The van der Waals surface area contributed by atoms with Crippen LogP contribution in [0.2, 0.25) is 0 Å². The fourth-order valence-electron chi connectivity index (χ4n) is 2.66. The van der Waals surface area contributed by atoms with E-state index >= 15 is 0 Å². The molecule has 0 saturated carbocycles. The van der Waals surface area contributed by atoms with Crippen molar-refractivity contribution in [3.05, 3.63) is 34.9 Å². The zero-order chi connectivity index (χ0) is 13.8. The first kappa shape index (κ1) is 13.6. The van der Waals surface area contributed by atoms with Crippen molar-refractivity contribution >= 4 is 11.9 Å². The van der Waals surface area contributed by atoms with Crippen LogP contribution in [0.5, 0.6) is 0 Å². The summed E-state index contributed by atoms with van der Waals surface area (Å²) in [7, 11) is 0. The highest BCUT2D eigenvalue weighted by molar-refractivity contribution is 5.94. The van der Waals surface area contributed by atoms with Gasteiger partial charge in [-0.1, -0.05) is 6.07 Å². The van der Waals surface area contributed by atoms with Crippen LogP contribution in [0.3, 0.4) is 0 Å². The van der Waals surface area contributed by atoms with Crippen LogP contribution >= 0.6 is 0 Å². The lowest BCUT2D eigenvalue weighted by Gasteiger charge is -2.23. The molecule has 0 heterocycles. The van der Waals surface area contributed by atoms with Crippen molar-refractivity contribution in [2.75, 3.05) is 6.54 Å². The van der Waals surface area contributed by atoms with Crippen LogP contribution in [0, 0.1) is 5.92 Å². The number of carboxylic acid groups (broad SMARTS) is 1. The van der Waals surface area contributed by atoms with Gasteiger partial charge < -0.3 is 10.4 Å². The molecule has 2 rings (SSSR count). The summed E-state index contributed by atoms with van der Waals surface area (Å²) in [6.45, 7) is 2.52. The number of benzene rings is 1. The number of hydrogen-bond acceptors (Lipinski definition) is 2. The number of carbonyl (C=O) groups excluding carboxylic acids is 1. The molecule has 19 heavy (non-hydrogen) atoms. The summed E-state index contributed by atoms with van der Waals surface area (Å²) >= 11 is 0. The maximum absolute atomic E-state index is 11.8. The van der Waals surface area contributed by atoms with Crippen LogP contribution in [-0.2, 0) is 17.6 Å². The molecule has 102 valence electrons. The molecule has 0 fully saturated rings. The minimum atomic E-state index is -0.729. The van der Waals surface area contributed by atoms with E-state index in [0.29, 0.717) is 12.1 Å². The Balaban J connectivity index is 2.11. The van der Waals surface area contributed by atoms with E-state index in [-0.39, 0.29) is 18.2 Å². The molecule has 0 aromatic heterocycles. The molecule has 0 spiro atoms. The van der Waals surface area contributed by atoms with Gasteiger partial charge in [0.2, 0.25) is 0 Å². The summed E-state index contributed by atoms with van der Waals surface area (Å²) in [5.41, 5.74) is 3.06. The SMILES string of the molecule is CCNC(=O)c1ccc2c(c1)CCC(CC(=O)O)C2. The fraction of sp³-hybridized carbons (Fsp3) is 0.467. The number of amides is 1. The van der Waals surface area contributed by atoms with E-state index in [0.717, 1.165) is 19.3 Å².